The molecule has 128 valence electrons. The zero-order valence-electron chi connectivity index (χ0n) is 14.2. The van der Waals surface area contributed by atoms with E-state index in [1.165, 1.54) is 51.6 Å². The SMILES string of the molecule is COc1cc(CCO[C@@H]2CCCCC2N2CCCC2)ccc1O. The average molecular weight is 319 g/mol. The van der Waals surface area contributed by atoms with Crippen molar-refractivity contribution in [3.05, 3.63) is 23.8 Å². The van der Waals surface area contributed by atoms with Crippen LogP contribution in [0.5, 0.6) is 11.5 Å². The number of hydrogen-bond donors (Lipinski definition) is 1. The number of ether oxygens (including phenoxy) is 2. The second-order valence-electron chi connectivity index (χ2n) is 6.76. The van der Waals surface area contributed by atoms with Crippen LogP contribution in [0.2, 0.25) is 0 Å². The summed E-state index contributed by atoms with van der Waals surface area (Å²) in [5.41, 5.74) is 1.15. The lowest BCUT2D eigenvalue weighted by Crippen LogP contribution is -2.45. The molecule has 1 heterocycles. The molecular formula is C19H29NO3. The summed E-state index contributed by atoms with van der Waals surface area (Å²) >= 11 is 0. The van der Waals surface area contributed by atoms with Crippen LogP contribution in [0.1, 0.15) is 44.1 Å². The average Bonchev–Trinajstić information content (AvgIpc) is 3.11. The lowest BCUT2D eigenvalue weighted by molar-refractivity contribution is -0.0290. The van der Waals surface area contributed by atoms with Gasteiger partial charge in [0.15, 0.2) is 11.5 Å². The Balaban J connectivity index is 1.52. The molecule has 2 fully saturated rings. The molecule has 23 heavy (non-hydrogen) atoms. The van der Waals surface area contributed by atoms with Crippen molar-refractivity contribution in [3.63, 3.8) is 0 Å². The van der Waals surface area contributed by atoms with Gasteiger partial charge in [-0.2, -0.15) is 0 Å². The molecule has 0 aromatic heterocycles. The minimum atomic E-state index is 0.193. The summed E-state index contributed by atoms with van der Waals surface area (Å²) in [6.45, 7) is 3.24. The monoisotopic (exact) mass is 319 g/mol. The molecule has 1 aromatic rings. The molecule has 4 nitrogen and oxygen atoms in total. The van der Waals surface area contributed by atoms with Crippen LogP contribution in [0.4, 0.5) is 0 Å². The molecule has 1 saturated carbocycles. The fourth-order valence-electron chi connectivity index (χ4n) is 3.97. The predicted octanol–water partition coefficient (Wildman–Crippen LogP) is 3.37. The van der Waals surface area contributed by atoms with Crippen molar-refractivity contribution < 1.29 is 14.6 Å². The van der Waals surface area contributed by atoms with Gasteiger partial charge in [-0.25, -0.2) is 0 Å². The van der Waals surface area contributed by atoms with Crippen molar-refractivity contribution in [1.29, 1.82) is 0 Å². The van der Waals surface area contributed by atoms with E-state index in [1.807, 2.05) is 12.1 Å². The smallest absolute Gasteiger partial charge is 0.160 e. The maximum Gasteiger partial charge on any atom is 0.160 e. The largest absolute Gasteiger partial charge is 0.504 e. The number of benzene rings is 1. The maximum absolute atomic E-state index is 9.66. The highest BCUT2D eigenvalue weighted by Gasteiger charge is 2.31. The van der Waals surface area contributed by atoms with E-state index in [0.717, 1.165) is 18.6 Å². The lowest BCUT2D eigenvalue weighted by Gasteiger charge is -2.37. The number of hydrogen-bond acceptors (Lipinski definition) is 4. The van der Waals surface area contributed by atoms with Gasteiger partial charge in [-0.3, -0.25) is 4.90 Å². The van der Waals surface area contributed by atoms with Gasteiger partial charge in [0.25, 0.3) is 0 Å². The predicted molar refractivity (Wildman–Crippen MR) is 91.2 cm³/mol. The summed E-state index contributed by atoms with van der Waals surface area (Å²) in [6.07, 6.45) is 9.06. The van der Waals surface area contributed by atoms with Gasteiger partial charge >= 0.3 is 0 Å². The van der Waals surface area contributed by atoms with Gasteiger partial charge < -0.3 is 14.6 Å². The van der Waals surface area contributed by atoms with Crippen LogP contribution in [0.15, 0.2) is 18.2 Å². The van der Waals surface area contributed by atoms with Crippen LogP contribution in [-0.4, -0.2) is 49.0 Å². The molecular weight excluding hydrogens is 290 g/mol. The maximum atomic E-state index is 9.66. The molecule has 1 saturated heterocycles. The first kappa shape index (κ1) is 16.6. The highest BCUT2D eigenvalue weighted by atomic mass is 16.5. The summed E-state index contributed by atoms with van der Waals surface area (Å²) in [5, 5.41) is 9.66. The quantitative estimate of drug-likeness (QED) is 0.873. The zero-order chi connectivity index (χ0) is 16.1. The van der Waals surface area contributed by atoms with Gasteiger partial charge in [0.05, 0.1) is 19.8 Å². The van der Waals surface area contributed by atoms with Crippen molar-refractivity contribution >= 4 is 0 Å². The Hall–Kier alpha value is -1.26. The van der Waals surface area contributed by atoms with E-state index < -0.39 is 0 Å². The minimum absolute atomic E-state index is 0.193. The number of aromatic hydroxyl groups is 1. The summed E-state index contributed by atoms with van der Waals surface area (Å²) in [6, 6.07) is 6.17. The van der Waals surface area contributed by atoms with Crippen molar-refractivity contribution in [2.45, 2.75) is 57.1 Å². The van der Waals surface area contributed by atoms with E-state index in [1.54, 1.807) is 13.2 Å². The third-order valence-electron chi connectivity index (χ3n) is 5.24. The van der Waals surface area contributed by atoms with Gasteiger partial charge in [-0.15, -0.1) is 0 Å². The van der Waals surface area contributed by atoms with Gasteiger partial charge in [-0.1, -0.05) is 18.9 Å². The first-order valence-corrected chi connectivity index (χ1v) is 8.99. The Bertz CT molecular complexity index is 499. The molecule has 2 aliphatic rings. The molecule has 0 radical (unpaired) electrons. The highest BCUT2D eigenvalue weighted by molar-refractivity contribution is 5.41. The molecule has 2 atom stereocenters. The second-order valence-corrected chi connectivity index (χ2v) is 6.76. The molecule has 0 bridgehead atoms. The third kappa shape index (κ3) is 4.18. The fraction of sp³-hybridized carbons (Fsp3) is 0.684. The molecule has 1 aliphatic carbocycles. The number of phenolic OH excluding ortho intramolecular Hbond substituents is 1. The van der Waals surface area contributed by atoms with Gasteiger partial charge in [-0.05, 0) is 62.9 Å². The number of nitrogens with zero attached hydrogens (tertiary/aromatic N) is 1. The van der Waals surface area contributed by atoms with E-state index in [9.17, 15) is 5.11 Å². The summed E-state index contributed by atoms with van der Waals surface area (Å²) in [4.78, 5) is 2.65. The molecule has 0 amide bonds. The van der Waals surface area contributed by atoms with E-state index >= 15 is 0 Å². The first-order chi connectivity index (χ1) is 11.3. The van der Waals surface area contributed by atoms with Crippen LogP contribution in [0.25, 0.3) is 0 Å². The summed E-state index contributed by atoms with van der Waals surface area (Å²) in [5.74, 6) is 0.730. The molecule has 3 rings (SSSR count). The van der Waals surface area contributed by atoms with Crippen LogP contribution in [-0.2, 0) is 11.2 Å². The van der Waals surface area contributed by atoms with Crippen molar-refractivity contribution in [3.8, 4) is 11.5 Å². The topological polar surface area (TPSA) is 41.9 Å². The molecule has 4 heteroatoms. The number of rotatable bonds is 6. The third-order valence-corrected chi connectivity index (χ3v) is 5.24. The molecule has 1 unspecified atom stereocenters. The minimum Gasteiger partial charge on any atom is -0.504 e. The van der Waals surface area contributed by atoms with Crippen molar-refractivity contribution in [2.75, 3.05) is 26.8 Å². The lowest BCUT2D eigenvalue weighted by atomic mass is 9.91. The van der Waals surface area contributed by atoms with Crippen LogP contribution < -0.4 is 4.74 Å². The van der Waals surface area contributed by atoms with Crippen LogP contribution >= 0.6 is 0 Å². The van der Waals surface area contributed by atoms with E-state index in [0.29, 0.717) is 17.9 Å². The Labute approximate surface area is 139 Å². The number of methoxy groups -OCH3 is 1. The van der Waals surface area contributed by atoms with Gasteiger partial charge in [0.2, 0.25) is 0 Å². The molecule has 1 aliphatic heterocycles. The summed E-state index contributed by atoms with van der Waals surface area (Å²) in [7, 11) is 1.58. The molecule has 1 aromatic carbocycles. The molecule has 1 N–H and O–H groups in total. The zero-order valence-corrected chi connectivity index (χ0v) is 14.2. The Morgan fingerprint density at radius 1 is 1.13 bits per heavy atom. The normalized spacial score (nSPS) is 25.6. The van der Waals surface area contributed by atoms with Crippen LogP contribution in [0.3, 0.4) is 0 Å². The van der Waals surface area contributed by atoms with Crippen molar-refractivity contribution in [1.82, 2.24) is 4.90 Å². The number of phenols is 1. The first-order valence-electron chi connectivity index (χ1n) is 8.99. The Morgan fingerprint density at radius 2 is 1.91 bits per heavy atom. The van der Waals surface area contributed by atoms with Gasteiger partial charge in [0, 0.05) is 6.04 Å². The standard InChI is InChI=1S/C19H29NO3/c1-22-19-14-15(8-9-17(19)21)10-13-23-18-7-3-2-6-16(18)20-11-4-5-12-20/h8-9,14,16,18,21H,2-7,10-13H2,1H3/t16?,18-/m1/s1. The van der Waals surface area contributed by atoms with Gasteiger partial charge in [0.1, 0.15) is 0 Å². The highest BCUT2D eigenvalue weighted by Crippen LogP contribution is 2.29. The van der Waals surface area contributed by atoms with E-state index in [-0.39, 0.29) is 5.75 Å². The Kier molecular flexibility index (Phi) is 5.79. The van der Waals surface area contributed by atoms with Crippen LogP contribution in [0, 0.1) is 0 Å². The van der Waals surface area contributed by atoms with E-state index in [2.05, 4.69) is 4.90 Å². The van der Waals surface area contributed by atoms with Crippen molar-refractivity contribution in [2.24, 2.45) is 0 Å². The second kappa shape index (κ2) is 8.02. The Morgan fingerprint density at radius 3 is 2.70 bits per heavy atom. The fourth-order valence-corrected chi connectivity index (χ4v) is 3.97. The summed E-state index contributed by atoms with van der Waals surface area (Å²) < 4.78 is 11.4. The molecule has 0 spiro atoms. The van der Waals surface area contributed by atoms with E-state index in [4.69, 9.17) is 9.47 Å². The number of likely N-dealkylation sites (tertiary alicyclic amines) is 1.